The Morgan fingerprint density at radius 1 is 1.29 bits per heavy atom. The number of nitrogens with two attached hydrogens (primary N) is 1. The van der Waals surface area contributed by atoms with Crippen LogP contribution in [0.25, 0.3) is 0 Å². The lowest BCUT2D eigenvalue weighted by atomic mass is 9.98. The molecule has 9 heteroatoms. The number of nitro benzene ring substituents is 1. The van der Waals surface area contributed by atoms with Gasteiger partial charge in [-0.15, -0.1) is 0 Å². The zero-order valence-corrected chi connectivity index (χ0v) is 11.9. The van der Waals surface area contributed by atoms with Crippen LogP contribution in [0.3, 0.4) is 0 Å². The molecule has 1 saturated carbocycles. The Labute approximate surface area is 121 Å². The number of sulfonamides is 1. The number of hydrogen-bond acceptors (Lipinski definition) is 5. The Morgan fingerprint density at radius 2 is 1.90 bits per heavy atom. The van der Waals surface area contributed by atoms with Crippen molar-refractivity contribution in [1.82, 2.24) is 0 Å². The summed E-state index contributed by atoms with van der Waals surface area (Å²) in [6.07, 6.45) is 3.91. The molecule has 0 saturated heterocycles. The number of hydrogen-bond donors (Lipinski definition) is 1. The maximum Gasteiger partial charge on any atom is 0.274 e. The van der Waals surface area contributed by atoms with Gasteiger partial charge in [-0.05, 0) is 25.7 Å². The molecular weight excluding hydrogens is 303 g/mol. The Bertz CT molecular complexity index is 656. The van der Waals surface area contributed by atoms with Gasteiger partial charge in [-0.3, -0.25) is 10.1 Å². The third-order valence-corrected chi connectivity index (χ3v) is 4.26. The number of non-ortho nitro benzene ring substituents is 1. The topological polar surface area (TPSA) is 113 Å². The molecule has 2 rings (SSSR count). The maximum atomic E-state index is 14.0. The lowest BCUT2D eigenvalue weighted by Gasteiger charge is -2.24. The van der Waals surface area contributed by atoms with Crippen LogP contribution in [0.4, 0.5) is 10.1 Å². The fourth-order valence-corrected chi connectivity index (χ4v) is 3.02. The minimum absolute atomic E-state index is 0.310. The molecule has 1 aliphatic carbocycles. The predicted molar refractivity (Wildman–Crippen MR) is 71.9 cm³/mol. The summed E-state index contributed by atoms with van der Waals surface area (Å²) in [5, 5.41) is 15.7. The van der Waals surface area contributed by atoms with E-state index >= 15 is 0 Å². The Balaban J connectivity index is 2.45. The second-order valence-corrected chi connectivity index (χ2v) is 6.46. The summed E-state index contributed by atoms with van der Waals surface area (Å²) >= 11 is 0. The lowest BCUT2D eigenvalue weighted by Crippen LogP contribution is -2.23. The molecular formula is C12H15FN2O5S. The van der Waals surface area contributed by atoms with Crippen LogP contribution in [0.15, 0.2) is 17.0 Å². The molecule has 1 aromatic carbocycles. The quantitative estimate of drug-likeness (QED) is 0.674. The van der Waals surface area contributed by atoms with Gasteiger partial charge in [0.15, 0.2) is 11.6 Å². The first-order valence-electron chi connectivity index (χ1n) is 6.46. The number of ether oxygens (including phenoxy) is 1. The standard InChI is InChI=1S/C12H15FN2O5S/c13-10-6-8(15(16)17)7-11(21(14,18)19)12(10)20-9-4-2-1-3-5-9/h6-7,9H,1-5H2,(H2,14,18,19). The highest BCUT2D eigenvalue weighted by Crippen LogP contribution is 2.33. The Hall–Kier alpha value is -1.74. The fraction of sp³-hybridized carbons (Fsp3) is 0.500. The summed E-state index contributed by atoms with van der Waals surface area (Å²) in [5.41, 5.74) is -0.687. The van der Waals surface area contributed by atoms with Crippen LogP contribution in [-0.2, 0) is 10.0 Å². The van der Waals surface area contributed by atoms with Crippen LogP contribution in [-0.4, -0.2) is 19.4 Å². The molecule has 0 aromatic heterocycles. The van der Waals surface area contributed by atoms with E-state index in [0.29, 0.717) is 18.9 Å². The zero-order valence-electron chi connectivity index (χ0n) is 11.1. The molecule has 21 heavy (non-hydrogen) atoms. The van der Waals surface area contributed by atoms with Gasteiger partial charge in [-0.1, -0.05) is 6.42 Å². The molecule has 1 fully saturated rings. The first kappa shape index (κ1) is 15.6. The van der Waals surface area contributed by atoms with Crippen LogP contribution in [0.2, 0.25) is 0 Å². The molecule has 0 atom stereocenters. The van der Waals surface area contributed by atoms with Crippen molar-refractivity contribution in [3.05, 3.63) is 28.1 Å². The smallest absolute Gasteiger partial charge is 0.274 e. The molecule has 0 amide bonds. The lowest BCUT2D eigenvalue weighted by molar-refractivity contribution is -0.385. The van der Waals surface area contributed by atoms with Gasteiger partial charge in [0.2, 0.25) is 10.0 Å². The van der Waals surface area contributed by atoms with Crippen molar-refractivity contribution >= 4 is 15.7 Å². The van der Waals surface area contributed by atoms with Crippen LogP contribution in [0.5, 0.6) is 5.75 Å². The van der Waals surface area contributed by atoms with Gasteiger partial charge in [0, 0.05) is 6.07 Å². The highest BCUT2D eigenvalue weighted by Gasteiger charge is 2.27. The van der Waals surface area contributed by atoms with Gasteiger partial charge >= 0.3 is 0 Å². The van der Waals surface area contributed by atoms with Crippen LogP contribution >= 0.6 is 0 Å². The summed E-state index contributed by atoms with van der Waals surface area (Å²) in [4.78, 5) is 9.11. The Kier molecular flexibility index (Phi) is 4.43. The van der Waals surface area contributed by atoms with Crippen molar-refractivity contribution in [2.45, 2.75) is 43.1 Å². The highest BCUT2D eigenvalue weighted by molar-refractivity contribution is 7.89. The van der Waals surface area contributed by atoms with E-state index in [9.17, 15) is 22.9 Å². The minimum Gasteiger partial charge on any atom is -0.486 e. The molecule has 2 N–H and O–H groups in total. The summed E-state index contributed by atoms with van der Waals surface area (Å²) in [6, 6.07) is 1.35. The van der Waals surface area contributed by atoms with Crippen molar-refractivity contribution in [3.63, 3.8) is 0 Å². The number of nitro groups is 1. The van der Waals surface area contributed by atoms with E-state index in [1.165, 1.54) is 0 Å². The van der Waals surface area contributed by atoms with E-state index in [-0.39, 0.29) is 6.10 Å². The molecule has 0 unspecified atom stereocenters. The summed E-state index contributed by atoms with van der Waals surface area (Å²) < 4.78 is 42.5. The second kappa shape index (κ2) is 5.94. The molecule has 0 spiro atoms. The summed E-state index contributed by atoms with van der Waals surface area (Å²) in [6.45, 7) is 0. The van der Waals surface area contributed by atoms with E-state index in [2.05, 4.69) is 0 Å². The van der Waals surface area contributed by atoms with Gasteiger partial charge in [0.05, 0.1) is 17.1 Å². The molecule has 1 aromatic rings. The van der Waals surface area contributed by atoms with E-state index < -0.39 is 37.1 Å². The van der Waals surface area contributed by atoms with Crippen molar-refractivity contribution in [1.29, 1.82) is 0 Å². The molecule has 116 valence electrons. The maximum absolute atomic E-state index is 14.0. The van der Waals surface area contributed by atoms with Crippen molar-refractivity contribution in [2.75, 3.05) is 0 Å². The summed E-state index contributed by atoms with van der Waals surface area (Å²) in [5.74, 6) is -1.63. The molecule has 0 bridgehead atoms. The predicted octanol–water partition coefficient (Wildman–Crippen LogP) is 2.09. The first-order valence-corrected chi connectivity index (χ1v) is 8.01. The minimum atomic E-state index is -4.33. The van der Waals surface area contributed by atoms with Crippen LogP contribution in [0, 0.1) is 15.9 Å². The molecule has 7 nitrogen and oxygen atoms in total. The molecule has 0 radical (unpaired) electrons. The van der Waals surface area contributed by atoms with Gasteiger partial charge in [0.1, 0.15) is 4.90 Å². The molecule has 0 aliphatic heterocycles. The monoisotopic (exact) mass is 318 g/mol. The molecule has 0 heterocycles. The van der Waals surface area contributed by atoms with E-state index in [1.807, 2.05) is 0 Å². The first-order chi connectivity index (χ1) is 9.79. The fourth-order valence-electron chi connectivity index (χ4n) is 2.34. The number of nitrogens with zero attached hydrogens (tertiary/aromatic N) is 1. The zero-order chi connectivity index (χ0) is 15.6. The highest BCUT2D eigenvalue weighted by atomic mass is 32.2. The van der Waals surface area contributed by atoms with E-state index in [4.69, 9.17) is 9.88 Å². The Morgan fingerprint density at radius 3 is 2.43 bits per heavy atom. The average Bonchev–Trinajstić information content (AvgIpc) is 2.40. The van der Waals surface area contributed by atoms with Gasteiger partial charge in [-0.2, -0.15) is 0 Å². The second-order valence-electron chi connectivity index (χ2n) is 4.93. The van der Waals surface area contributed by atoms with E-state index in [0.717, 1.165) is 25.3 Å². The summed E-state index contributed by atoms with van der Waals surface area (Å²) in [7, 11) is -4.33. The average molecular weight is 318 g/mol. The van der Waals surface area contributed by atoms with Gasteiger partial charge in [-0.25, -0.2) is 17.9 Å². The van der Waals surface area contributed by atoms with E-state index in [1.54, 1.807) is 0 Å². The van der Waals surface area contributed by atoms with Crippen molar-refractivity contribution < 1.29 is 22.5 Å². The SMILES string of the molecule is NS(=O)(=O)c1cc([N+](=O)[O-])cc(F)c1OC1CCCCC1. The number of halogens is 1. The van der Waals surface area contributed by atoms with Crippen LogP contribution < -0.4 is 9.88 Å². The molecule has 1 aliphatic rings. The number of benzene rings is 1. The van der Waals surface area contributed by atoms with Gasteiger partial charge in [0.25, 0.3) is 5.69 Å². The van der Waals surface area contributed by atoms with Crippen molar-refractivity contribution in [3.8, 4) is 5.75 Å². The normalized spacial score (nSPS) is 16.7. The van der Waals surface area contributed by atoms with Crippen LogP contribution in [0.1, 0.15) is 32.1 Å². The van der Waals surface area contributed by atoms with Crippen molar-refractivity contribution in [2.24, 2.45) is 5.14 Å². The third-order valence-electron chi connectivity index (χ3n) is 3.35. The number of rotatable bonds is 4. The largest absolute Gasteiger partial charge is 0.486 e. The third kappa shape index (κ3) is 3.67. The number of primary sulfonamides is 1. The van der Waals surface area contributed by atoms with Gasteiger partial charge < -0.3 is 4.74 Å².